The van der Waals surface area contributed by atoms with E-state index in [1.54, 1.807) is 12.3 Å². The summed E-state index contributed by atoms with van der Waals surface area (Å²) in [6.45, 7) is 0.788. The lowest BCUT2D eigenvalue weighted by atomic mass is 10.0. The summed E-state index contributed by atoms with van der Waals surface area (Å²) < 4.78 is 0. The third-order valence-electron chi connectivity index (χ3n) is 4.56. The number of nitrogen functional groups attached to an aromatic ring is 1. The van der Waals surface area contributed by atoms with Gasteiger partial charge in [0.25, 0.3) is 5.91 Å². The molecule has 104 valence electrons. The molecule has 2 aliphatic carbocycles. The largest absolute Gasteiger partial charge is 0.397 e. The van der Waals surface area contributed by atoms with Crippen molar-refractivity contribution in [2.75, 3.05) is 12.3 Å². The topological polar surface area (TPSA) is 80.9 Å². The molecule has 2 aliphatic rings. The molecule has 1 amide bonds. The maximum absolute atomic E-state index is 12.3. The van der Waals surface area contributed by atoms with E-state index < -0.39 is 0 Å². The first kappa shape index (κ1) is 12.1. The molecule has 5 nitrogen and oxygen atoms in total. The highest BCUT2D eigenvalue weighted by Crippen LogP contribution is 2.60. The summed E-state index contributed by atoms with van der Waals surface area (Å²) in [4.78, 5) is 13.6. The van der Waals surface area contributed by atoms with E-state index in [0.717, 1.165) is 22.7 Å². The Kier molecular flexibility index (Phi) is 2.51. The Hall–Kier alpha value is -1.69. The van der Waals surface area contributed by atoms with Crippen molar-refractivity contribution < 1.29 is 4.79 Å². The molecular formula is C14H16N4OS. The number of rotatable bonds is 4. The molecule has 2 fully saturated rings. The maximum Gasteiger partial charge on any atom is 0.263 e. The van der Waals surface area contributed by atoms with Crippen LogP contribution in [-0.4, -0.2) is 22.6 Å². The minimum atomic E-state index is -0.0718. The van der Waals surface area contributed by atoms with Gasteiger partial charge in [0.1, 0.15) is 9.71 Å². The van der Waals surface area contributed by atoms with Crippen molar-refractivity contribution >= 4 is 33.1 Å². The minimum Gasteiger partial charge on any atom is -0.397 e. The van der Waals surface area contributed by atoms with Gasteiger partial charge in [0.2, 0.25) is 0 Å². The summed E-state index contributed by atoms with van der Waals surface area (Å²) >= 11 is 1.32. The Morgan fingerprint density at radius 1 is 1.50 bits per heavy atom. The third kappa shape index (κ3) is 1.86. The van der Waals surface area contributed by atoms with Crippen LogP contribution in [0.2, 0.25) is 0 Å². The zero-order valence-electron chi connectivity index (χ0n) is 11.1. The van der Waals surface area contributed by atoms with Crippen LogP contribution in [0.25, 0.3) is 10.2 Å². The van der Waals surface area contributed by atoms with E-state index in [-0.39, 0.29) is 5.91 Å². The SMILES string of the molecule is Nc1c(C(=O)NCC2(C3CC3)CC2)sc2nnccc12. The van der Waals surface area contributed by atoms with E-state index >= 15 is 0 Å². The highest BCUT2D eigenvalue weighted by molar-refractivity contribution is 7.21. The van der Waals surface area contributed by atoms with Gasteiger partial charge in [-0.15, -0.1) is 16.4 Å². The zero-order valence-corrected chi connectivity index (χ0v) is 11.9. The minimum absolute atomic E-state index is 0.0718. The van der Waals surface area contributed by atoms with Gasteiger partial charge < -0.3 is 11.1 Å². The summed E-state index contributed by atoms with van der Waals surface area (Å²) in [6, 6.07) is 1.80. The van der Waals surface area contributed by atoms with Crippen molar-refractivity contribution in [1.29, 1.82) is 0 Å². The highest BCUT2D eigenvalue weighted by Gasteiger charge is 2.53. The van der Waals surface area contributed by atoms with E-state index in [9.17, 15) is 4.79 Å². The van der Waals surface area contributed by atoms with Crippen molar-refractivity contribution in [3.63, 3.8) is 0 Å². The fourth-order valence-electron chi connectivity index (χ4n) is 2.96. The van der Waals surface area contributed by atoms with Crippen LogP contribution in [0.4, 0.5) is 5.69 Å². The number of carbonyl (C=O) groups is 1. The summed E-state index contributed by atoms with van der Waals surface area (Å²) in [7, 11) is 0. The number of hydrogen-bond donors (Lipinski definition) is 2. The van der Waals surface area contributed by atoms with Crippen molar-refractivity contribution in [2.45, 2.75) is 25.7 Å². The third-order valence-corrected chi connectivity index (χ3v) is 5.67. The molecule has 20 heavy (non-hydrogen) atoms. The van der Waals surface area contributed by atoms with Crippen LogP contribution in [0.1, 0.15) is 35.4 Å². The van der Waals surface area contributed by atoms with Gasteiger partial charge >= 0.3 is 0 Å². The predicted molar refractivity (Wildman–Crippen MR) is 78.6 cm³/mol. The number of aromatic nitrogens is 2. The fourth-order valence-corrected chi connectivity index (χ4v) is 3.92. The standard InChI is InChI=1S/C14H16N4OS/c15-10-9-3-6-17-18-13(9)20-11(10)12(19)16-7-14(4-5-14)8-1-2-8/h3,6,8H,1-2,4-5,7,15H2,(H,16,19). The molecule has 2 aromatic rings. The molecule has 6 heteroatoms. The van der Waals surface area contributed by atoms with E-state index in [4.69, 9.17) is 5.73 Å². The molecule has 0 atom stereocenters. The molecule has 0 aliphatic heterocycles. The number of hydrogen-bond acceptors (Lipinski definition) is 5. The summed E-state index contributed by atoms with van der Waals surface area (Å²) in [5.41, 5.74) is 6.97. The first-order valence-corrected chi connectivity index (χ1v) is 7.79. The molecule has 0 aromatic carbocycles. The first-order valence-electron chi connectivity index (χ1n) is 6.97. The van der Waals surface area contributed by atoms with Gasteiger partial charge in [-0.3, -0.25) is 4.79 Å². The second-order valence-corrected chi connectivity index (χ2v) is 6.91. The average Bonchev–Trinajstić information content (AvgIpc) is 3.35. The monoisotopic (exact) mass is 288 g/mol. The average molecular weight is 288 g/mol. The second-order valence-electron chi connectivity index (χ2n) is 5.91. The Morgan fingerprint density at radius 2 is 2.30 bits per heavy atom. The number of anilines is 1. The van der Waals surface area contributed by atoms with Gasteiger partial charge in [-0.2, -0.15) is 5.10 Å². The van der Waals surface area contributed by atoms with E-state index in [1.807, 2.05) is 0 Å². The fraction of sp³-hybridized carbons (Fsp3) is 0.500. The van der Waals surface area contributed by atoms with E-state index in [1.165, 1.54) is 37.0 Å². The second kappa shape index (κ2) is 4.15. The summed E-state index contributed by atoms with van der Waals surface area (Å²) in [6.07, 6.45) is 6.77. The van der Waals surface area contributed by atoms with Gasteiger partial charge in [0, 0.05) is 11.9 Å². The number of carbonyl (C=O) groups excluding carboxylic acids is 1. The van der Waals surface area contributed by atoms with Crippen LogP contribution in [0.5, 0.6) is 0 Å². The van der Waals surface area contributed by atoms with E-state index in [2.05, 4.69) is 15.5 Å². The Balaban J connectivity index is 1.53. The predicted octanol–water partition coefficient (Wildman–Crippen LogP) is 2.19. The van der Waals surface area contributed by atoms with Crippen LogP contribution in [0.15, 0.2) is 12.3 Å². The normalized spacial score (nSPS) is 20.0. The lowest BCUT2D eigenvalue weighted by Gasteiger charge is -2.14. The number of amides is 1. The molecule has 3 N–H and O–H groups in total. The zero-order chi connectivity index (χ0) is 13.7. The molecule has 0 radical (unpaired) electrons. The Morgan fingerprint density at radius 3 is 2.95 bits per heavy atom. The van der Waals surface area contributed by atoms with Crippen LogP contribution in [-0.2, 0) is 0 Å². The van der Waals surface area contributed by atoms with Crippen LogP contribution >= 0.6 is 11.3 Å². The van der Waals surface area contributed by atoms with Gasteiger partial charge in [0.15, 0.2) is 0 Å². The molecule has 0 bridgehead atoms. The molecule has 2 saturated carbocycles. The molecule has 0 saturated heterocycles. The van der Waals surface area contributed by atoms with Crippen molar-refractivity contribution in [2.24, 2.45) is 11.3 Å². The van der Waals surface area contributed by atoms with Crippen molar-refractivity contribution in [3.05, 3.63) is 17.1 Å². The van der Waals surface area contributed by atoms with Crippen LogP contribution in [0, 0.1) is 11.3 Å². The number of thiophene rings is 1. The molecule has 2 aromatic heterocycles. The molecule has 2 heterocycles. The van der Waals surface area contributed by atoms with Crippen LogP contribution in [0.3, 0.4) is 0 Å². The van der Waals surface area contributed by atoms with Gasteiger partial charge in [-0.05, 0) is 43.1 Å². The van der Waals surface area contributed by atoms with Gasteiger partial charge in [0.05, 0.1) is 11.9 Å². The smallest absolute Gasteiger partial charge is 0.263 e. The number of nitrogens with zero attached hydrogens (tertiary/aromatic N) is 2. The molecule has 0 unspecified atom stereocenters. The van der Waals surface area contributed by atoms with Gasteiger partial charge in [-0.1, -0.05) is 0 Å². The van der Waals surface area contributed by atoms with Gasteiger partial charge in [-0.25, -0.2) is 0 Å². The summed E-state index contributed by atoms with van der Waals surface area (Å²) in [5, 5.41) is 11.7. The molecule has 4 rings (SSSR count). The van der Waals surface area contributed by atoms with E-state index in [0.29, 0.717) is 16.0 Å². The van der Waals surface area contributed by atoms with Crippen LogP contribution < -0.4 is 11.1 Å². The first-order chi connectivity index (χ1) is 9.70. The van der Waals surface area contributed by atoms with Crippen molar-refractivity contribution in [1.82, 2.24) is 15.5 Å². The number of nitrogens with two attached hydrogens (primary N) is 1. The number of fused-ring (bicyclic) bond motifs is 1. The Bertz CT molecular complexity index is 688. The highest BCUT2D eigenvalue weighted by atomic mass is 32.1. The summed E-state index contributed by atoms with van der Waals surface area (Å²) in [5.74, 6) is 0.769. The van der Waals surface area contributed by atoms with Crippen molar-refractivity contribution in [3.8, 4) is 0 Å². The molecular weight excluding hydrogens is 272 g/mol. The molecule has 0 spiro atoms. The quantitative estimate of drug-likeness (QED) is 0.903. The lowest BCUT2D eigenvalue weighted by molar-refractivity contribution is 0.0947. The maximum atomic E-state index is 12.3. The number of nitrogens with one attached hydrogen (secondary N) is 1. The Labute approximate surface area is 120 Å². The lowest BCUT2D eigenvalue weighted by Crippen LogP contribution is -2.31.